The summed E-state index contributed by atoms with van der Waals surface area (Å²) in [5, 5.41) is 3.06. The average Bonchev–Trinajstić information content (AvgIpc) is 3.09. The van der Waals surface area contributed by atoms with Crippen molar-refractivity contribution in [2.75, 3.05) is 45.9 Å². The molecule has 5 rings (SSSR count). The van der Waals surface area contributed by atoms with Crippen molar-refractivity contribution in [3.8, 4) is 0 Å². The van der Waals surface area contributed by atoms with Crippen LogP contribution in [0, 0.1) is 23.2 Å². The first kappa shape index (κ1) is 39.8. The number of hydrogen-bond donors (Lipinski definition) is 3. The van der Waals surface area contributed by atoms with Crippen LogP contribution in [-0.4, -0.2) is 97.2 Å². The van der Waals surface area contributed by atoms with Gasteiger partial charge in [-0.2, -0.15) is 0 Å². The molecule has 3 fully saturated rings. The molecule has 3 heterocycles. The van der Waals surface area contributed by atoms with Gasteiger partial charge in [0.25, 0.3) is 0 Å². The Balaban J connectivity index is 1.23. The minimum Gasteiger partial charge on any atom is -0.378 e. The summed E-state index contributed by atoms with van der Waals surface area (Å²) in [6.07, 6.45) is 5.54. The van der Waals surface area contributed by atoms with Crippen LogP contribution in [0.1, 0.15) is 76.3 Å². The van der Waals surface area contributed by atoms with Crippen LogP contribution in [-0.2, 0) is 36.8 Å². The first-order chi connectivity index (χ1) is 25.1. The second kappa shape index (κ2) is 19.1. The van der Waals surface area contributed by atoms with Gasteiger partial charge in [-0.1, -0.05) is 80.9 Å². The maximum atomic E-state index is 14.1. The molecule has 3 saturated heterocycles. The fourth-order valence-corrected chi connectivity index (χ4v) is 8.09. The van der Waals surface area contributed by atoms with Crippen molar-refractivity contribution in [3.05, 3.63) is 71.8 Å². The summed E-state index contributed by atoms with van der Waals surface area (Å²) in [4.78, 5) is 60.1. The average molecular weight is 716 g/mol. The highest BCUT2D eigenvalue weighted by Gasteiger charge is 2.49. The SMILES string of the molecule is CC(C)C[C@@H](NC(=O)[C@H](CC(=O)[C@H](N)Cc1ccccc1)Cc1ccccc1)C(=O)C[C@H](CCCCN)C(=O)N1CC2(CCN(C3COC3)CC2)C1. The van der Waals surface area contributed by atoms with Crippen molar-refractivity contribution in [1.82, 2.24) is 15.1 Å². The van der Waals surface area contributed by atoms with Crippen LogP contribution in [0.4, 0.5) is 0 Å². The number of rotatable bonds is 20. The zero-order valence-corrected chi connectivity index (χ0v) is 31.3. The molecule has 52 heavy (non-hydrogen) atoms. The highest BCUT2D eigenvalue weighted by Crippen LogP contribution is 2.42. The third-order valence-corrected chi connectivity index (χ3v) is 11.4. The van der Waals surface area contributed by atoms with Crippen LogP contribution in [0.2, 0.25) is 0 Å². The summed E-state index contributed by atoms with van der Waals surface area (Å²) < 4.78 is 5.39. The zero-order valence-electron chi connectivity index (χ0n) is 31.3. The number of nitrogens with two attached hydrogens (primary N) is 2. The molecule has 10 heteroatoms. The Morgan fingerprint density at radius 1 is 0.846 bits per heavy atom. The number of benzene rings is 2. The molecule has 10 nitrogen and oxygen atoms in total. The van der Waals surface area contributed by atoms with Crippen molar-refractivity contribution in [3.63, 3.8) is 0 Å². The maximum absolute atomic E-state index is 14.1. The molecule has 0 aliphatic carbocycles. The monoisotopic (exact) mass is 715 g/mol. The van der Waals surface area contributed by atoms with E-state index in [0.717, 1.165) is 76.2 Å². The van der Waals surface area contributed by atoms with Gasteiger partial charge in [0.1, 0.15) is 0 Å². The molecule has 3 aliphatic heterocycles. The van der Waals surface area contributed by atoms with Crippen LogP contribution < -0.4 is 16.8 Å². The lowest BCUT2D eigenvalue weighted by molar-refractivity contribution is -0.155. The summed E-state index contributed by atoms with van der Waals surface area (Å²) in [6.45, 7) is 9.80. The van der Waals surface area contributed by atoms with Gasteiger partial charge >= 0.3 is 0 Å². The van der Waals surface area contributed by atoms with E-state index < -0.39 is 23.9 Å². The Labute approximate surface area is 310 Å². The molecular weight excluding hydrogens is 654 g/mol. The number of ketones is 2. The first-order valence-corrected chi connectivity index (χ1v) is 19.6. The van der Waals surface area contributed by atoms with E-state index in [4.69, 9.17) is 16.2 Å². The molecule has 2 aromatic carbocycles. The number of nitrogens with one attached hydrogen (secondary N) is 1. The van der Waals surface area contributed by atoms with Gasteiger partial charge in [-0.05, 0) is 81.6 Å². The Morgan fingerprint density at radius 3 is 2.00 bits per heavy atom. The van der Waals surface area contributed by atoms with Gasteiger partial charge in [0.15, 0.2) is 11.6 Å². The van der Waals surface area contributed by atoms with Crippen LogP contribution in [0.25, 0.3) is 0 Å². The van der Waals surface area contributed by atoms with Gasteiger partial charge in [-0.3, -0.25) is 24.1 Å². The highest BCUT2D eigenvalue weighted by atomic mass is 16.5. The highest BCUT2D eigenvalue weighted by molar-refractivity contribution is 5.95. The number of ether oxygens (including phenoxy) is 1. The molecule has 0 saturated carbocycles. The van der Waals surface area contributed by atoms with Crippen molar-refractivity contribution < 1.29 is 23.9 Å². The molecular formula is C42H61N5O5. The Bertz CT molecular complexity index is 1450. The second-order valence-corrected chi connectivity index (χ2v) is 16.1. The van der Waals surface area contributed by atoms with E-state index in [1.807, 2.05) is 79.4 Å². The third kappa shape index (κ3) is 11.0. The fraction of sp³-hybridized carbons (Fsp3) is 0.619. The minimum absolute atomic E-state index is 0.0274. The van der Waals surface area contributed by atoms with Gasteiger partial charge < -0.3 is 26.4 Å². The van der Waals surface area contributed by atoms with Crippen LogP contribution in [0.15, 0.2) is 60.7 Å². The van der Waals surface area contributed by atoms with E-state index in [2.05, 4.69) is 10.2 Å². The quantitative estimate of drug-likeness (QED) is 0.175. The third-order valence-electron chi connectivity index (χ3n) is 11.4. The smallest absolute Gasteiger partial charge is 0.226 e. The second-order valence-electron chi connectivity index (χ2n) is 16.1. The molecule has 0 bridgehead atoms. The van der Waals surface area contributed by atoms with Crippen molar-refractivity contribution in [1.29, 1.82) is 0 Å². The number of amides is 2. The van der Waals surface area contributed by atoms with Crippen molar-refractivity contribution in [2.24, 2.45) is 34.6 Å². The Hall–Kier alpha value is -3.44. The molecule has 0 aromatic heterocycles. The number of nitrogens with zero attached hydrogens (tertiary/aromatic N) is 2. The van der Waals surface area contributed by atoms with Gasteiger partial charge in [0.2, 0.25) is 11.8 Å². The van der Waals surface area contributed by atoms with Crippen LogP contribution >= 0.6 is 0 Å². The summed E-state index contributed by atoms with van der Waals surface area (Å²) in [5.74, 6) is -1.63. The number of piperidine rings is 1. The lowest BCUT2D eigenvalue weighted by Crippen LogP contribution is -2.64. The molecule has 2 aromatic rings. The Kier molecular flexibility index (Phi) is 14.6. The van der Waals surface area contributed by atoms with E-state index in [1.54, 1.807) is 0 Å². The molecule has 4 atom stereocenters. The van der Waals surface area contributed by atoms with Gasteiger partial charge in [-0.15, -0.1) is 0 Å². The molecule has 2 amide bonds. The van der Waals surface area contributed by atoms with E-state index in [0.29, 0.717) is 38.3 Å². The summed E-state index contributed by atoms with van der Waals surface area (Å²) >= 11 is 0. The number of hydrogen-bond acceptors (Lipinski definition) is 8. The van der Waals surface area contributed by atoms with Crippen molar-refractivity contribution >= 4 is 23.4 Å². The predicted molar refractivity (Wildman–Crippen MR) is 203 cm³/mol. The lowest BCUT2D eigenvalue weighted by Gasteiger charge is -2.56. The summed E-state index contributed by atoms with van der Waals surface area (Å²) in [6, 6.07) is 18.3. The molecule has 284 valence electrons. The standard InChI is InChI=1S/C42H61N5O5/c1-30(2)21-37(45-40(50)34(22-31-11-5-3-6-12-31)25-38(48)36(44)23-32-13-7-4-8-14-32)39(49)24-33(15-9-10-18-43)41(51)47-28-42(29-47)16-19-46(20-17-42)35-26-52-27-35/h3-8,11-14,30,33-37H,9-10,15-29,43-44H2,1-2H3,(H,45,50)/t33-,34-,36+,37+/m0/s1. The number of unbranched alkanes of at least 4 members (excludes halogenated alkanes) is 1. The fourth-order valence-electron chi connectivity index (χ4n) is 8.09. The predicted octanol–water partition coefficient (Wildman–Crippen LogP) is 3.93. The van der Waals surface area contributed by atoms with Crippen LogP contribution in [0.3, 0.4) is 0 Å². The van der Waals surface area contributed by atoms with Gasteiger partial charge in [0.05, 0.1) is 31.3 Å². The maximum Gasteiger partial charge on any atom is 0.226 e. The number of carbonyl (C=O) groups is 4. The van der Waals surface area contributed by atoms with Gasteiger partial charge in [-0.25, -0.2) is 0 Å². The Morgan fingerprint density at radius 2 is 1.44 bits per heavy atom. The topological polar surface area (TPSA) is 148 Å². The summed E-state index contributed by atoms with van der Waals surface area (Å²) in [7, 11) is 0. The largest absolute Gasteiger partial charge is 0.378 e. The lowest BCUT2D eigenvalue weighted by atomic mass is 9.71. The molecule has 3 aliphatic rings. The van der Waals surface area contributed by atoms with Gasteiger partial charge in [0, 0.05) is 43.2 Å². The zero-order chi connectivity index (χ0) is 37.1. The number of likely N-dealkylation sites (tertiary alicyclic amines) is 2. The summed E-state index contributed by atoms with van der Waals surface area (Å²) in [5.41, 5.74) is 14.2. The van der Waals surface area contributed by atoms with E-state index in [9.17, 15) is 19.2 Å². The van der Waals surface area contributed by atoms with Crippen molar-refractivity contribution in [2.45, 2.75) is 96.2 Å². The minimum atomic E-state index is -0.758. The number of Topliss-reactive ketones (excluding diaryl/α,β-unsaturated/α-hetero) is 2. The van der Waals surface area contributed by atoms with Crippen LogP contribution in [0.5, 0.6) is 0 Å². The first-order valence-electron chi connectivity index (χ1n) is 19.6. The van der Waals surface area contributed by atoms with E-state index in [1.165, 1.54) is 0 Å². The van der Waals surface area contributed by atoms with E-state index >= 15 is 0 Å². The molecule has 1 spiro atoms. The molecule has 0 radical (unpaired) electrons. The molecule has 5 N–H and O–H groups in total. The normalized spacial score (nSPS) is 19.7. The molecule has 0 unspecified atom stereocenters. The number of carbonyl (C=O) groups excluding carboxylic acids is 4. The van der Waals surface area contributed by atoms with E-state index in [-0.39, 0.29) is 47.6 Å².